The van der Waals surface area contributed by atoms with E-state index in [1.807, 2.05) is 5.57 Å². The molecule has 0 N–H and O–H groups in total. The van der Waals surface area contributed by atoms with Gasteiger partial charge in [0.25, 0.3) is 0 Å². The Morgan fingerprint density at radius 2 is 1.28 bits per heavy atom. The summed E-state index contributed by atoms with van der Waals surface area (Å²) in [5.74, 6) is 0.490. The molecule has 0 amide bonds. The van der Waals surface area contributed by atoms with Crippen LogP contribution < -0.4 is 24.8 Å². The Morgan fingerprint density at radius 1 is 0.704 bits per heavy atom. The van der Waals surface area contributed by atoms with Gasteiger partial charge in [-0.3, -0.25) is 0 Å². The van der Waals surface area contributed by atoms with Gasteiger partial charge in [0.2, 0.25) is 0 Å². The van der Waals surface area contributed by atoms with Crippen molar-refractivity contribution in [1.82, 2.24) is 0 Å². The van der Waals surface area contributed by atoms with Gasteiger partial charge in [-0.05, 0) is 0 Å². The van der Waals surface area contributed by atoms with Crippen LogP contribution in [0, 0.1) is 33.0 Å². The molecule has 0 nitrogen and oxygen atoms in total. The zero-order valence-electron chi connectivity index (χ0n) is 34.6. The molecular weight excluding hydrogens is 775 g/mol. The van der Waals surface area contributed by atoms with Crippen molar-refractivity contribution < 1.29 is 46.1 Å². The summed E-state index contributed by atoms with van der Waals surface area (Å²) >= 11 is -3.09. The summed E-state index contributed by atoms with van der Waals surface area (Å²) in [7, 11) is 0. The molecule has 0 saturated heterocycles. The molecule has 3 heteroatoms. The Morgan fingerprint density at radius 3 is 1.85 bits per heavy atom. The zero-order valence-corrected chi connectivity index (χ0v) is 38.5. The molecular formula is C51H60Cl2Zr. The first-order valence-corrected chi connectivity index (χ1v) is 23.7. The zero-order chi connectivity index (χ0) is 37.1. The minimum atomic E-state index is -3.09. The Bertz CT molecular complexity index is 2120. The van der Waals surface area contributed by atoms with Crippen LogP contribution in [0.1, 0.15) is 118 Å². The number of rotatable bonds is 4. The van der Waals surface area contributed by atoms with Gasteiger partial charge in [-0.25, -0.2) is 0 Å². The summed E-state index contributed by atoms with van der Waals surface area (Å²) in [4.78, 5) is 0. The van der Waals surface area contributed by atoms with E-state index in [1.54, 1.807) is 23.2 Å². The van der Waals surface area contributed by atoms with Crippen LogP contribution in [-0.2, 0) is 27.7 Å². The smallest absolute Gasteiger partial charge is 1.00 e. The van der Waals surface area contributed by atoms with Gasteiger partial charge < -0.3 is 24.8 Å². The second-order valence-electron chi connectivity index (χ2n) is 19.5. The first kappa shape index (κ1) is 41.3. The third kappa shape index (κ3) is 5.48. The fourth-order valence-corrected chi connectivity index (χ4v) is 23.2. The van der Waals surface area contributed by atoms with Gasteiger partial charge in [-0.2, -0.15) is 0 Å². The molecule has 0 aromatic heterocycles. The van der Waals surface area contributed by atoms with Crippen molar-refractivity contribution >= 4 is 8.78 Å². The van der Waals surface area contributed by atoms with E-state index in [9.17, 15) is 0 Å². The topological polar surface area (TPSA) is 0 Å². The van der Waals surface area contributed by atoms with Crippen LogP contribution in [0.3, 0.4) is 0 Å². The van der Waals surface area contributed by atoms with Crippen molar-refractivity contribution in [3.8, 4) is 0 Å². The molecule has 0 bridgehead atoms. The number of allylic oxidation sites excluding steroid dienone is 10. The summed E-state index contributed by atoms with van der Waals surface area (Å²) in [6, 6.07) is 32.7. The molecule has 5 aliphatic rings. The molecule has 282 valence electrons. The maximum absolute atomic E-state index is 3.09. The standard InChI is InChI=1S/C29H37.C13H10.C9H13.2ClH.Zr/c1-18-25-22-17-19-13-9-10-14-20(19)24(22)21-15-11-12-16-23(21)29(25,8)28(6,7)27(4,5)26(18,2)3;1-3-7-12(8-4-1)11-13-9-5-2-6-10-13;1-9(2,3)8-6-4-5-7-8;;;/h9-11,13-15,23H,12,16-17H2,1-8H3;1-10H;6-7H,4H2,1-3H3;2*1H;/q;;;;;+2/p-2. The SMILES string of the molecule is CC(C)(C)C1=CC[C]([Zr+2](=[C](c2ccccc2)c2ccccc2)[C]2(C)C3=C4Cc5ccccc5C4=C4C=CCCC4C3(C)C(C)(C)C(C)(C)C2(C)C)=C1.[Cl-].[Cl-]. The molecule has 1 fully saturated rings. The average Bonchev–Trinajstić information content (AvgIpc) is 3.76. The Kier molecular flexibility index (Phi) is 10.7. The quantitative estimate of drug-likeness (QED) is 0.253. The monoisotopic (exact) mass is 832 g/mol. The van der Waals surface area contributed by atoms with Crippen LogP contribution >= 0.6 is 0 Å². The van der Waals surface area contributed by atoms with Gasteiger partial charge in [0.15, 0.2) is 0 Å². The molecule has 3 atom stereocenters. The molecule has 3 aromatic carbocycles. The third-order valence-corrected chi connectivity index (χ3v) is 25.9. The van der Waals surface area contributed by atoms with Gasteiger partial charge in [0.05, 0.1) is 0 Å². The van der Waals surface area contributed by atoms with E-state index in [2.05, 4.69) is 185 Å². The van der Waals surface area contributed by atoms with E-state index < -0.39 is 21.3 Å². The fourth-order valence-electron chi connectivity index (χ4n) is 12.0. The van der Waals surface area contributed by atoms with Crippen LogP contribution in [0.4, 0.5) is 0 Å². The molecule has 5 aliphatic carbocycles. The van der Waals surface area contributed by atoms with Crippen LogP contribution in [-0.4, -0.2) is 3.21 Å². The number of hydrogen-bond donors (Lipinski definition) is 0. The first-order valence-electron chi connectivity index (χ1n) is 20.0. The minimum absolute atomic E-state index is 0. The van der Waals surface area contributed by atoms with Crippen molar-refractivity contribution in [2.75, 3.05) is 0 Å². The summed E-state index contributed by atoms with van der Waals surface area (Å²) < 4.78 is 3.41. The molecule has 3 aromatic rings. The van der Waals surface area contributed by atoms with Crippen molar-refractivity contribution in [1.29, 1.82) is 0 Å². The summed E-state index contributed by atoms with van der Waals surface area (Å²) in [5.41, 5.74) is 14.3. The van der Waals surface area contributed by atoms with Gasteiger partial charge >= 0.3 is 325 Å². The van der Waals surface area contributed by atoms with E-state index in [0.717, 1.165) is 12.8 Å². The van der Waals surface area contributed by atoms with E-state index in [0.29, 0.717) is 5.92 Å². The van der Waals surface area contributed by atoms with Crippen molar-refractivity contribution in [2.24, 2.45) is 33.0 Å². The Labute approximate surface area is 347 Å². The summed E-state index contributed by atoms with van der Waals surface area (Å²) in [6.07, 6.45) is 14.9. The summed E-state index contributed by atoms with van der Waals surface area (Å²) in [5, 5.41) is 0. The van der Waals surface area contributed by atoms with E-state index in [1.165, 1.54) is 40.7 Å². The molecule has 8 rings (SSSR count). The van der Waals surface area contributed by atoms with Gasteiger partial charge in [-0.15, -0.1) is 0 Å². The number of halogens is 2. The average molecular weight is 835 g/mol. The van der Waals surface area contributed by atoms with Crippen LogP contribution in [0.2, 0.25) is 3.12 Å². The number of hydrogen-bond acceptors (Lipinski definition) is 0. The second-order valence-corrected chi connectivity index (χ2v) is 26.6. The molecule has 0 spiro atoms. The minimum Gasteiger partial charge on any atom is -1.00 e. The number of benzene rings is 3. The predicted molar refractivity (Wildman–Crippen MR) is 220 cm³/mol. The van der Waals surface area contributed by atoms with E-state index >= 15 is 0 Å². The van der Waals surface area contributed by atoms with Gasteiger partial charge in [-0.1, -0.05) is 0 Å². The maximum Gasteiger partial charge on any atom is -1.00 e. The Hall–Kier alpha value is -2.31. The predicted octanol–water partition coefficient (Wildman–Crippen LogP) is 7.71. The molecule has 0 radical (unpaired) electrons. The van der Waals surface area contributed by atoms with Crippen LogP contribution in [0.25, 0.3) is 5.57 Å². The van der Waals surface area contributed by atoms with Crippen molar-refractivity contribution in [3.05, 3.63) is 157 Å². The molecule has 0 aliphatic heterocycles. The maximum atomic E-state index is 2.84. The van der Waals surface area contributed by atoms with Gasteiger partial charge in [0, 0.05) is 0 Å². The summed E-state index contributed by atoms with van der Waals surface area (Å²) in [6.45, 7) is 29.0. The normalized spacial score (nSPS) is 26.8. The van der Waals surface area contributed by atoms with Crippen LogP contribution in [0.5, 0.6) is 0 Å². The fraction of sp³-hybridized carbons (Fsp3) is 0.431. The molecule has 3 unspecified atom stereocenters. The van der Waals surface area contributed by atoms with E-state index in [4.69, 9.17) is 0 Å². The Balaban J connectivity index is 0.00000249. The molecule has 0 heterocycles. The van der Waals surface area contributed by atoms with Gasteiger partial charge in [0.1, 0.15) is 0 Å². The largest absolute Gasteiger partial charge is 1.00 e. The molecule has 54 heavy (non-hydrogen) atoms. The van der Waals surface area contributed by atoms with Crippen molar-refractivity contribution in [3.63, 3.8) is 0 Å². The second kappa shape index (κ2) is 14.0. The third-order valence-electron chi connectivity index (χ3n) is 16.2. The molecule has 1 saturated carbocycles. The van der Waals surface area contributed by atoms with Crippen LogP contribution in [0.15, 0.2) is 135 Å². The first-order chi connectivity index (χ1) is 24.5. The number of fused-ring (bicyclic) bond motifs is 6. The van der Waals surface area contributed by atoms with E-state index in [-0.39, 0.29) is 55.0 Å². The van der Waals surface area contributed by atoms with Crippen molar-refractivity contribution in [2.45, 2.75) is 105 Å².